The predicted octanol–water partition coefficient (Wildman–Crippen LogP) is 2.77. The van der Waals surface area contributed by atoms with Gasteiger partial charge in [-0.1, -0.05) is 24.2 Å². The van der Waals surface area contributed by atoms with Crippen molar-refractivity contribution in [2.45, 2.75) is 38.5 Å². The summed E-state index contributed by atoms with van der Waals surface area (Å²) in [6.07, 6.45) is 1.81. The third-order valence-corrected chi connectivity index (χ3v) is 6.37. The maximum atomic E-state index is 13.0. The maximum absolute atomic E-state index is 13.0. The van der Waals surface area contributed by atoms with Crippen molar-refractivity contribution >= 4 is 10.0 Å². The molecule has 0 amide bonds. The zero-order valence-electron chi connectivity index (χ0n) is 13.6. The zero-order chi connectivity index (χ0) is 16.6. The van der Waals surface area contributed by atoms with Gasteiger partial charge < -0.3 is 4.52 Å². The van der Waals surface area contributed by atoms with Gasteiger partial charge in [0.2, 0.25) is 21.7 Å². The topological polar surface area (TPSA) is 76.3 Å². The molecule has 0 N–H and O–H groups in total. The van der Waals surface area contributed by atoms with Crippen LogP contribution in [-0.4, -0.2) is 36.0 Å². The summed E-state index contributed by atoms with van der Waals surface area (Å²) in [5.74, 6) is 1.44. The molecular formula is C16H21N3O3S. The summed E-state index contributed by atoms with van der Waals surface area (Å²) >= 11 is 0. The number of hydrogen-bond acceptors (Lipinski definition) is 5. The van der Waals surface area contributed by atoms with Crippen LogP contribution in [0.3, 0.4) is 0 Å². The molecule has 2 heterocycles. The molecule has 3 rings (SSSR count). The summed E-state index contributed by atoms with van der Waals surface area (Å²) in [7, 11) is -3.49. The number of piperidine rings is 1. The molecule has 0 atom stereocenters. The molecule has 0 bridgehead atoms. The van der Waals surface area contributed by atoms with Gasteiger partial charge in [-0.15, -0.1) is 0 Å². The molecule has 1 fully saturated rings. The van der Waals surface area contributed by atoms with Crippen LogP contribution < -0.4 is 0 Å². The van der Waals surface area contributed by atoms with Crippen LogP contribution in [0.5, 0.6) is 0 Å². The van der Waals surface area contributed by atoms with Crippen molar-refractivity contribution in [2.24, 2.45) is 5.92 Å². The van der Waals surface area contributed by atoms with Gasteiger partial charge in [0, 0.05) is 25.6 Å². The van der Waals surface area contributed by atoms with E-state index in [2.05, 4.69) is 17.1 Å². The van der Waals surface area contributed by atoms with E-state index in [4.69, 9.17) is 4.52 Å². The second-order valence-electron chi connectivity index (χ2n) is 6.20. The van der Waals surface area contributed by atoms with Gasteiger partial charge in [-0.2, -0.15) is 9.29 Å². The summed E-state index contributed by atoms with van der Waals surface area (Å²) in [4.78, 5) is 4.50. The molecule has 0 radical (unpaired) electrons. The Balaban J connectivity index is 1.98. The molecule has 1 aliphatic heterocycles. The van der Waals surface area contributed by atoms with Crippen LogP contribution in [0.1, 0.15) is 31.2 Å². The van der Waals surface area contributed by atoms with Crippen molar-refractivity contribution in [3.05, 3.63) is 29.7 Å². The lowest BCUT2D eigenvalue weighted by Gasteiger charge is -2.30. The van der Waals surface area contributed by atoms with E-state index in [1.54, 1.807) is 23.4 Å². The van der Waals surface area contributed by atoms with Crippen molar-refractivity contribution in [3.63, 3.8) is 0 Å². The largest absolute Gasteiger partial charge is 0.339 e. The predicted molar refractivity (Wildman–Crippen MR) is 86.4 cm³/mol. The fraction of sp³-hybridized carbons (Fsp3) is 0.500. The smallest absolute Gasteiger partial charge is 0.243 e. The number of nitrogens with zero attached hydrogens (tertiary/aromatic N) is 3. The lowest BCUT2D eigenvalue weighted by Crippen LogP contribution is -2.38. The van der Waals surface area contributed by atoms with Crippen LogP contribution in [0.2, 0.25) is 0 Å². The van der Waals surface area contributed by atoms with E-state index >= 15 is 0 Å². The minimum atomic E-state index is -3.49. The SMILES string of the molecule is Cc1nc(-c2ccc(C)c(S(=O)(=O)N3CCC(C)CC3)c2)no1. The molecule has 124 valence electrons. The molecule has 0 unspecified atom stereocenters. The minimum Gasteiger partial charge on any atom is -0.339 e. The van der Waals surface area contributed by atoms with Crippen LogP contribution >= 0.6 is 0 Å². The lowest BCUT2D eigenvalue weighted by molar-refractivity contribution is 0.288. The Bertz CT molecular complexity index is 806. The van der Waals surface area contributed by atoms with Gasteiger partial charge >= 0.3 is 0 Å². The second kappa shape index (κ2) is 6.05. The number of benzene rings is 1. The van der Waals surface area contributed by atoms with Crippen LogP contribution in [0, 0.1) is 19.8 Å². The molecule has 0 spiro atoms. The normalized spacial score (nSPS) is 17.5. The molecule has 0 saturated carbocycles. The quantitative estimate of drug-likeness (QED) is 0.862. The fourth-order valence-corrected chi connectivity index (χ4v) is 4.52. The fourth-order valence-electron chi connectivity index (χ4n) is 2.80. The van der Waals surface area contributed by atoms with E-state index in [0.717, 1.165) is 18.4 Å². The highest BCUT2D eigenvalue weighted by Gasteiger charge is 2.29. The van der Waals surface area contributed by atoms with Crippen LogP contribution in [0.15, 0.2) is 27.6 Å². The van der Waals surface area contributed by atoms with E-state index in [1.807, 2.05) is 13.0 Å². The average molecular weight is 335 g/mol. The van der Waals surface area contributed by atoms with Crippen molar-refractivity contribution < 1.29 is 12.9 Å². The first-order valence-corrected chi connectivity index (χ1v) is 9.23. The van der Waals surface area contributed by atoms with Gasteiger partial charge in [0.1, 0.15) is 0 Å². The summed E-state index contributed by atoms with van der Waals surface area (Å²) in [6.45, 7) is 6.83. The van der Waals surface area contributed by atoms with Crippen LogP contribution in [0.25, 0.3) is 11.4 Å². The zero-order valence-corrected chi connectivity index (χ0v) is 14.4. The summed E-state index contributed by atoms with van der Waals surface area (Å²) in [5, 5.41) is 3.87. The molecule has 1 aliphatic rings. The molecule has 1 aromatic heterocycles. The van der Waals surface area contributed by atoms with Crippen molar-refractivity contribution in [1.29, 1.82) is 0 Å². The third kappa shape index (κ3) is 3.16. The molecule has 0 aliphatic carbocycles. The first kappa shape index (κ1) is 16.1. The highest BCUT2D eigenvalue weighted by atomic mass is 32.2. The Labute approximate surface area is 136 Å². The van der Waals surface area contributed by atoms with Gasteiger partial charge in [0.25, 0.3) is 0 Å². The highest BCUT2D eigenvalue weighted by molar-refractivity contribution is 7.89. The van der Waals surface area contributed by atoms with Gasteiger partial charge in [0.05, 0.1) is 4.90 Å². The highest BCUT2D eigenvalue weighted by Crippen LogP contribution is 2.28. The standard InChI is InChI=1S/C16H21N3O3S/c1-11-6-8-19(9-7-11)23(20,21)15-10-14(5-4-12(15)2)16-17-13(3)22-18-16/h4-5,10-11H,6-9H2,1-3H3. The number of hydrogen-bond donors (Lipinski definition) is 0. The monoisotopic (exact) mass is 335 g/mol. The molecule has 6 nitrogen and oxygen atoms in total. The van der Waals surface area contributed by atoms with Crippen molar-refractivity contribution in [3.8, 4) is 11.4 Å². The van der Waals surface area contributed by atoms with E-state index in [9.17, 15) is 8.42 Å². The van der Waals surface area contributed by atoms with Crippen LogP contribution in [-0.2, 0) is 10.0 Å². The first-order valence-electron chi connectivity index (χ1n) is 7.79. The lowest BCUT2D eigenvalue weighted by atomic mass is 10.0. The Morgan fingerprint density at radius 2 is 1.91 bits per heavy atom. The van der Waals surface area contributed by atoms with E-state index in [1.165, 1.54) is 0 Å². The van der Waals surface area contributed by atoms with Crippen LogP contribution in [0.4, 0.5) is 0 Å². The summed E-state index contributed by atoms with van der Waals surface area (Å²) < 4.78 is 32.5. The third-order valence-electron chi connectivity index (χ3n) is 4.33. The van der Waals surface area contributed by atoms with Gasteiger partial charge in [-0.3, -0.25) is 0 Å². The number of aromatic nitrogens is 2. The Morgan fingerprint density at radius 3 is 2.52 bits per heavy atom. The van der Waals surface area contributed by atoms with Gasteiger partial charge in [-0.25, -0.2) is 8.42 Å². The Hall–Kier alpha value is -1.73. The van der Waals surface area contributed by atoms with E-state index in [0.29, 0.717) is 41.2 Å². The second-order valence-corrected chi connectivity index (χ2v) is 8.11. The summed E-state index contributed by atoms with van der Waals surface area (Å²) in [6, 6.07) is 5.25. The van der Waals surface area contributed by atoms with Gasteiger partial charge in [0.15, 0.2) is 0 Å². The Kier molecular flexibility index (Phi) is 4.25. The van der Waals surface area contributed by atoms with E-state index < -0.39 is 10.0 Å². The molecule has 1 saturated heterocycles. The molecule has 7 heteroatoms. The van der Waals surface area contributed by atoms with Crippen molar-refractivity contribution in [2.75, 3.05) is 13.1 Å². The maximum Gasteiger partial charge on any atom is 0.243 e. The molecule has 2 aromatic rings. The summed E-state index contributed by atoms with van der Waals surface area (Å²) in [5.41, 5.74) is 1.38. The van der Waals surface area contributed by atoms with Gasteiger partial charge in [-0.05, 0) is 37.3 Å². The number of aryl methyl sites for hydroxylation is 2. The first-order chi connectivity index (χ1) is 10.9. The Morgan fingerprint density at radius 1 is 1.22 bits per heavy atom. The number of sulfonamides is 1. The number of rotatable bonds is 3. The van der Waals surface area contributed by atoms with Crippen molar-refractivity contribution in [1.82, 2.24) is 14.4 Å². The molecular weight excluding hydrogens is 314 g/mol. The molecule has 1 aromatic carbocycles. The minimum absolute atomic E-state index is 0.326. The average Bonchev–Trinajstić information content (AvgIpc) is 2.94. The molecule has 23 heavy (non-hydrogen) atoms. The van der Waals surface area contributed by atoms with E-state index in [-0.39, 0.29) is 0 Å².